The lowest BCUT2D eigenvalue weighted by Crippen LogP contribution is -2.12. The van der Waals surface area contributed by atoms with Crippen LogP contribution in [-0.2, 0) is 11.2 Å². The fraction of sp³-hybridized carbons (Fsp3) is 0.176. The molecule has 6 nitrogen and oxygen atoms in total. The van der Waals surface area contributed by atoms with Crippen LogP contribution in [0.4, 0.5) is 5.69 Å². The first kappa shape index (κ1) is 14.9. The minimum absolute atomic E-state index is 0.0913. The fourth-order valence-electron chi connectivity index (χ4n) is 2.03. The van der Waals surface area contributed by atoms with E-state index in [2.05, 4.69) is 20.5 Å². The largest absolute Gasteiger partial charge is 0.419 e. The number of carbonyl (C=O) groups excluding carboxylic acids is 1. The van der Waals surface area contributed by atoms with Crippen LogP contribution in [0.1, 0.15) is 17.9 Å². The Morgan fingerprint density at radius 1 is 1.13 bits per heavy atom. The van der Waals surface area contributed by atoms with Crippen LogP contribution in [-0.4, -0.2) is 21.1 Å². The Morgan fingerprint density at radius 2 is 1.96 bits per heavy atom. The minimum atomic E-state index is -0.0913. The molecule has 0 radical (unpaired) electrons. The topological polar surface area (TPSA) is 80.9 Å². The highest BCUT2D eigenvalue weighted by Gasteiger charge is 2.11. The first-order valence-corrected chi connectivity index (χ1v) is 7.31. The highest BCUT2D eigenvalue weighted by atomic mass is 16.4. The van der Waals surface area contributed by atoms with Crippen LogP contribution in [0.5, 0.6) is 0 Å². The van der Waals surface area contributed by atoms with Crippen molar-refractivity contribution in [2.75, 3.05) is 5.32 Å². The van der Waals surface area contributed by atoms with E-state index in [-0.39, 0.29) is 12.3 Å². The van der Waals surface area contributed by atoms with E-state index in [4.69, 9.17) is 4.42 Å². The van der Waals surface area contributed by atoms with Crippen molar-refractivity contribution < 1.29 is 9.21 Å². The van der Waals surface area contributed by atoms with Crippen molar-refractivity contribution >= 4 is 11.6 Å². The summed E-state index contributed by atoms with van der Waals surface area (Å²) >= 11 is 0. The van der Waals surface area contributed by atoms with Crippen molar-refractivity contribution in [1.29, 1.82) is 0 Å². The molecule has 2 heterocycles. The number of pyridine rings is 1. The van der Waals surface area contributed by atoms with Crippen LogP contribution < -0.4 is 5.32 Å². The number of aromatic nitrogens is 3. The Hall–Kier alpha value is -3.02. The average molecular weight is 308 g/mol. The lowest BCUT2D eigenvalue weighted by Gasteiger charge is -2.04. The van der Waals surface area contributed by atoms with Crippen LogP contribution in [0, 0.1) is 6.92 Å². The molecule has 23 heavy (non-hydrogen) atoms. The van der Waals surface area contributed by atoms with Gasteiger partial charge in [-0.3, -0.25) is 9.78 Å². The molecule has 0 saturated carbocycles. The van der Waals surface area contributed by atoms with Crippen molar-refractivity contribution in [2.24, 2.45) is 0 Å². The Bertz CT molecular complexity index is 782. The maximum absolute atomic E-state index is 11.9. The van der Waals surface area contributed by atoms with Gasteiger partial charge in [0.15, 0.2) is 0 Å². The zero-order chi connectivity index (χ0) is 16.1. The molecule has 116 valence electrons. The highest BCUT2D eigenvalue weighted by molar-refractivity contribution is 5.90. The molecule has 1 aromatic carbocycles. The van der Waals surface area contributed by atoms with Crippen molar-refractivity contribution in [1.82, 2.24) is 15.2 Å². The van der Waals surface area contributed by atoms with Crippen molar-refractivity contribution in [3.63, 3.8) is 0 Å². The second-order valence-corrected chi connectivity index (χ2v) is 5.13. The summed E-state index contributed by atoms with van der Waals surface area (Å²) in [5.74, 6) is 0.690. The zero-order valence-corrected chi connectivity index (χ0v) is 12.7. The summed E-state index contributed by atoms with van der Waals surface area (Å²) in [5, 5.41) is 10.7. The molecule has 1 N–H and O–H groups in total. The molecule has 0 aliphatic rings. The number of benzene rings is 1. The molecule has 0 saturated heterocycles. The number of hydrogen-bond donors (Lipinski definition) is 1. The maximum atomic E-state index is 11.9. The molecule has 6 heteroatoms. The standard InChI is InChI=1S/C17H16N4O2/c1-12-5-7-13(8-6-12)19-15(22)9-10-16-20-21-17(23-16)14-4-2-3-11-18-14/h2-8,11H,9-10H2,1H3,(H,19,22). The molecule has 0 bridgehead atoms. The molecule has 0 atom stereocenters. The predicted octanol–water partition coefficient (Wildman–Crippen LogP) is 3.01. The van der Waals surface area contributed by atoms with Crippen molar-refractivity contribution in [2.45, 2.75) is 19.8 Å². The van der Waals surface area contributed by atoms with E-state index in [1.165, 1.54) is 0 Å². The van der Waals surface area contributed by atoms with Gasteiger partial charge in [0.2, 0.25) is 11.8 Å². The van der Waals surface area contributed by atoms with Gasteiger partial charge in [-0.2, -0.15) is 0 Å². The Morgan fingerprint density at radius 3 is 2.70 bits per heavy atom. The summed E-state index contributed by atoms with van der Waals surface area (Å²) in [6.45, 7) is 2.00. The first-order valence-electron chi connectivity index (χ1n) is 7.31. The quantitative estimate of drug-likeness (QED) is 0.783. The normalized spacial score (nSPS) is 10.5. The Balaban J connectivity index is 1.55. The van der Waals surface area contributed by atoms with Gasteiger partial charge in [0.05, 0.1) is 0 Å². The van der Waals surface area contributed by atoms with E-state index in [9.17, 15) is 4.79 Å². The number of nitrogens with zero attached hydrogens (tertiary/aromatic N) is 3. The first-order chi connectivity index (χ1) is 11.2. The van der Waals surface area contributed by atoms with Gasteiger partial charge in [-0.1, -0.05) is 23.8 Å². The number of nitrogens with one attached hydrogen (secondary N) is 1. The van der Waals surface area contributed by atoms with Gasteiger partial charge in [-0.15, -0.1) is 10.2 Å². The summed E-state index contributed by atoms with van der Waals surface area (Å²) < 4.78 is 5.52. The van der Waals surface area contributed by atoms with Crippen LogP contribution in [0.15, 0.2) is 53.1 Å². The van der Waals surface area contributed by atoms with Crippen molar-refractivity contribution in [3.8, 4) is 11.6 Å². The average Bonchev–Trinajstić information content (AvgIpc) is 3.05. The van der Waals surface area contributed by atoms with Crippen LogP contribution >= 0.6 is 0 Å². The summed E-state index contributed by atoms with van der Waals surface area (Å²) in [6.07, 6.45) is 2.32. The van der Waals surface area contributed by atoms with Gasteiger partial charge in [0.25, 0.3) is 5.89 Å². The summed E-state index contributed by atoms with van der Waals surface area (Å²) in [7, 11) is 0. The van der Waals surface area contributed by atoms with Gasteiger partial charge in [-0.25, -0.2) is 0 Å². The lowest BCUT2D eigenvalue weighted by molar-refractivity contribution is -0.116. The molecular weight excluding hydrogens is 292 g/mol. The molecule has 0 aliphatic heterocycles. The van der Waals surface area contributed by atoms with E-state index < -0.39 is 0 Å². The Kier molecular flexibility index (Phi) is 4.42. The number of hydrogen-bond acceptors (Lipinski definition) is 5. The molecule has 3 rings (SSSR count). The van der Waals surface area contributed by atoms with E-state index in [1.807, 2.05) is 43.3 Å². The molecular formula is C17H16N4O2. The molecule has 0 spiro atoms. The van der Waals surface area contributed by atoms with E-state index in [0.29, 0.717) is 23.9 Å². The minimum Gasteiger partial charge on any atom is -0.419 e. The molecule has 1 amide bonds. The summed E-state index contributed by atoms with van der Waals surface area (Å²) in [6, 6.07) is 13.1. The number of anilines is 1. The third-order valence-electron chi connectivity index (χ3n) is 3.25. The summed E-state index contributed by atoms with van der Waals surface area (Å²) in [4.78, 5) is 16.1. The van der Waals surface area contributed by atoms with Gasteiger partial charge >= 0.3 is 0 Å². The molecule has 3 aromatic rings. The maximum Gasteiger partial charge on any atom is 0.266 e. The number of aryl methyl sites for hydroxylation is 2. The number of rotatable bonds is 5. The number of carbonyl (C=O) groups is 1. The van der Waals surface area contributed by atoms with Crippen LogP contribution in [0.2, 0.25) is 0 Å². The smallest absolute Gasteiger partial charge is 0.266 e. The Labute approximate surface area is 133 Å². The van der Waals surface area contributed by atoms with Gasteiger partial charge < -0.3 is 9.73 Å². The molecule has 2 aromatic heterocycles. The second-order valence-electron chi connectivity index (χ2n) is 5.13. The van der Waals surface area contributed by atoms with Gasteiger partial charge in [0, 0.05) is 24.7 Å². The van der Waals surface area contributed by atoms with E-state index in [1.54, 1.807) is 12.3 Å². The van der Waals surface area contributed by atoms with Gasteiger partial charge in [0.1, 0.15) is 5.69 Å². The molecule has 0 fully saturated rings. The third kappa shape index (κ3) is 4.00. The van der Waals surface area contributed by atoms with Crippen molar-refractivity contribution in [3.05, 3.63) is 60.1 Å². The fourth-order valence-corrected chi connectivity index (χ4v) is 2.03. The van der Waals surface area contributed by atoms with Crippen LogP contribution in [0.25, 0.3) is 11.6 Å². The lowest BCUT2D eigenvalue weighted by atomic mass is 10.2. The zero-order valence-electron chi connectivity index (χ0n) is 12.7. The second kappa shape index (κ2) is 6.83. The monoisotopic (exact) mass is 308 g/mol. The SMILES string of the molecule is Cc1ccc(NC(=O)CCc2nnc(-c3ccccn3)o2)cc1. The third-order valence-corrected chi connectivity index (χ3v) is 3.25. The predicted molar refractivity (Wildman–Crippen MR) is 85.7 cm³/mol. The van der Waals surface area contributed by atoms with Gasteiger partial charge in [-0.05, 0) is 31.2 Å². The number of amides is 1. The highest BCUT2D eigenvalue weighted by Crippen LogP contribution is 2.15. The molecule has 0 unspecified atom stereocenters. The van der Waals surface area contributed by atoms with E-state index in [0.717, 1.165) is 11.3 Å². The van der Waals surface area contributed by atoms with E-state index >= 15 is 0 Å². The van der Waals surface area contributed by atoms with Crippen LogP contribution in [0.3, 0.4) is 0 Å². The molecule has 0 aliphatic carbocycles. The summed E-state index contributed by atoms with van der Waals surface area (Å²) in [5.41, 5.74) is 2.55.